The Morgan fingerprint density at radius 3 is 2.95 bits per heavy atom. The molecule has 0 aliphatic heterocycles. The van der Waals surface area contributed by atoms with Crippen molar-refractivity contribution in [3.05, 3.63) is 46.5 Å². The predicted octanol–water partition coefficient (Wildman–Crippen LogP) is 0.0327. The molecule has 0 saturated heterocycles. The molecule has 2 aromatic heterocycles. The molecular formula is C13H16N4O3. The summed E-state index contributed by atoms with van der Waals surface area (Å²) in [7, 11) is 1.54. The Morgan fingerprint density at radius 2 is 2.25 bits per heavy atom. The quantitative estimate of drug-likeness (QED) is 0.800. The summed E-state index contributed by atoms with van der Waals surface area (Å²) < 4.78 is 11.6. The molecule has 106 valence electrons. The Hall–Kier alpha value is -2.41. The van der Waals surface area contributed by atoms with E-state index in [1.807, 2.05) is 6.07 Å². The molecule has 0 aliphatic carbocycles. The van der Waals surface area contributed by atoms with Crippen LogP contribution in [-0.4, -0.2) is 35.0 Å². The molecule has 0 saturated carbocycles. The van der Waals surface area contributed by atoms with Crippen molar-refractivity contribution in [1.82, 2.24) is 14.8 Å². The summed E-state index contributed by atoms with van der Waals surface area (Å²) in [6, 6.07) is 6.73. The van der Waals surface area contributed by atoms with Crippen LogP contribution in [0.3, 0.4) is 0 Å². The number of rotatable bonds is 6. The SMILES string of the molecule is COc1cccc(Cn2ncc(OCCN)cc2=O)n1. The molecule has 0 amide bonds. The smallest absolute Gasteiger partial charge is 0.270 e. The lowest BCUT2D eigenvalue weighted by Crippen LogP contribution is -2.23. The number of nitrogens with two attached hydrogens (primary N) is 1. The van der Waals surface area contributed by atoms with Crippen molar-refractivity contribution < 1.29 is 9.47 Å². The van der Waals surface area contributed by atoms with E-state index in [2.05, 4.69) is 10.1 Å². The summed E-state index contributed by atoms with van der Waals surface area (Å²) in [5.74, 6) is 0.911. The maximum Gasteiger partial charge on any atom is 0.270 e. The molecule has 0 atom stereocenters. The Kier molecular flexibility index (Phi) is 4.67. The van der Waals surface area contributed by atoms with Crippen LogP contribution in [0.4, 0.5) is 0 Å². The Labute approximate surface area is 116 Å². The summed E-state index contributed by atoms with van der Waals surface area (Å²) >= 11 is 0. The number of hydrogen-bond donors (Lipinski definition) is 1. The standard InChI is InChI=1S/C13H16N4O3/c1-19-12-4-2-3-10(16-12)9-17-13(18)7-11(8-15-17)20-6-5-14/h2-4,7-8H,5-6,9,14H2,1H3. The second kappa shape index (κ2) is 6.67. The number of nitrogens with zero attached hydrogens (tertiary/aromatic N) is 3. The first kappa shape index (κ1) is 14.0. The fourth-order valence-electron chi connectivity index (χ4n) is 1.60. The highest BCUT2D eigenvalue weighted by Gasteiger charge is 2.04. The van der Waals surface area contributed by atoms with E-state index in [4.69, 9.17) is 15.2 Å². The average Bonchev–Trinajstić information content (AvgIpc) is 2.48. The topological polar surface area (TPSA) is 92.3 Å². The van der Waals surface area contributed by atoms with Gasteiger partial charge in [-0.1, -0.05) is 6.07 Å². The summed E-state index contributed by atoms with van der Waals surface area (Å²) in [6.07, 6.45) is 1.48. The summed E-state index contributed by atoms with van der Waals surface area (Å²) in [5.41, 5.74) is 5.75. The molecule has 0 spiro atoms. The largest absolute Gasteiger partial charge is 0.490 e. The van der Waals surface area contributed by atoms with Crippen molar-refractivity contribution in [2.24, 2.45) is 5.73 Å². The number of pyridine rings is 1. The van der Waals surface area contributed by atoms with E-state index in [-0.39, 0.29) is 12.1 Å². The maximum atomic E-state index is 11.9. The van der Waals surface area contributed by atoms with Gasteiger partial charge in [0, 0.05) is 18.7 Å². The van der Waals surface area contributed by atoms with Crippen molar-refractivity contribution in [2.45, 2.75) is 6.54 Å². The van der Waals surface area contributed by atoms with Gasteiger partial charge in [0.25, 0.3) is 5.56 Å². The van der Waals surface area contributed by atoms with Gasteiger partial charge in [-0.05, 0) is 6.07 Å². The predicted molar refractivity (Wildman–Crippen MR) is 72.9 cm³/mol. The summed E-state index contributed by atoms with van der Waals surface area (Å²) in [5, 5.41) is 4.04. The first-order valence-corrected chi connectivity index (χ1v) is 6.13. The van der Waals surface area contributed by atoms with Crippen LogP contribution in [0.15, 0.2) is 35.3 Å². The van der Waals surface area contributed by atoms with E-state index in [1.54, 1.807) is 19.2 Å². The van der Waals surface area contributed by atoms with Crippen molar-refractivity contribution in [2.75, 3.05) is 20.3 Å². The van der Waals surface area contributed by atoms with Crippen molar-refractivity contribution in [1.29, 1.82) is 0 Å². The Morgan fingerprint density at radius 1 is 1.40 bits per heavy atom. The van der Waals surface area contributed by atoms with E-state index in [0.717, 1.165) is 0 Å². The van der Waals surface area contributed by atoms with Crippen LogP contribution in [0.5, 0.6) is 11.6 Å². The van der Waals surface area contributed by atoms with Gasteiger partial charge >= 0.3 is 0 Å². The minimum Gasteiger partial charge on any atom is -0.490 e. The zero-order valence-corrected chi connectivity index (χ0v) is 11.2. The van der Waals surface area contributed by atoms with Crippen LogP contribution in [0, 0.1) is 0 Å². The third kappa shape index (κ3) is 3.55. The molecule has 7 heteroatoms. The zero-order chi connectivity index (χ0) is 14.4. The van der Waals surface area contributed by atoms with Gasteiger partial charge in [0.1, 0.15) is 12.4 Å². The van der Waals surface area contributed by atoms with Crippen LogP contribution >= 0.6 is 0 Å². The van der Waals surface area contributed by atoms with Crippen molar-refractivity contribution in [3.8, 4) is 11.6 Å². The fourth-order valence-corrected chi connectivity index (χ4v) is 1.60. The molecule has 2 rings (SSSR count). The lowest BCUT2D eigenvalue weighted by molar-refractivity contribution is 0.324. The molecule has 20 heavy (non-hydrogen) atoms. The monoisotopic (exact) mass is 276 g/mol. The fraction of sp³-hybridized carbons (Fsp3) is 0.308. The van der Waals surface area contributed by atoms with E-state index >= 15 is 0 Å². The van der Waals surface area contributed by atoms with Crippen molar-refractivity contribution in [3.63, 3.8) is 0 Å². The molecule has 0 fully saturated rings. The van der Waals surface area contributed by atoms with Gasteiger partial charge in [-0.25, -0.2) is 9.67 Å². The third-order valence-corrected chi connectivity index (χ3v) is 2.53. The van der Waals surface area contributed by atoms with E-state index in [0.29, 0.717) is 30.5 Å². The normalized spacial score (nSPS) is 10.3. The maximum absolute atomic E-state index is 11.9. The molecule has 0 radical (unpaired) electrons. The summed E-state index contributed by atoms with van der Waals surface area (Å²) in [6.45, 7) is 1.01. The van der Waals surface area contributed by atoms with Crippen molar-refractivity contribution >= 4 is 0 Å². The number of aromatic nitrogens is 3. The highest BCUT2D eigenvalue weighted by molar-refractivity contribution is 5.17. The number of ether oxygens (including phenoxy) is 2. The molecule has 0 unspecified atom stereocenters. The van der Waals surface area contributed by atoms with Crippen LogP contribution in [-0.2, 0) is 6.54 Å². The average molecular weight is 276 g/mol. The molecule has 0 aliphatic rings. The second-order valence-electron chi connectivity index (χ2n) is 4.00. The second-order valence-corrected chi connectivity index (χ2v) is 4.00. The lowest BCUT2D eigenvalue weighted by Gasteiger charge is -2.07. The van der Waals surface area contributed by atoms with Gasteiger partial charge in [-0.2, -0.15) is 5.10 Å². The molecule has 2 aromatic rings. The van der Waals surface area contributed by atoms with Gasteiger partial charge in [0.15, 0.2) is 0 Å². The molecule has 0 aromatic carbocycles. The lowest BCUT2D eigenvalue weighted by atomic mass is 10.3. The van der Waals surface area contributed by atoms with Gasteiger partial charge < -0.3 is 15.2 Å². The molecule has 2 heterocycles. The van der Waals surface area contributed by atoms with Gasteiger partial charge in [0.2, 0.25) is 5.88 Å². The minimum absolute atomic E-state index is 0.260. The Balaban J connectivity index is 2.15. The highest BCUT2D eigenvalue weighted by Crippen LogP contribution is 2.08. The minimum atomic E-state index is -0.260. The first-order valence-electron chi connectivity index (χ1n) is 6.13. The van der Waals surface area contributed by atoms with Gasteiger partial charge in [0.05, 0.1) is 25.5 Å². The summed E-state index contributed by atoms with van der Waals surface area (Å²) in [4.78, 5) is 16.1. The van der Waals surface area contributed by atoms with E-state index < -0.39 is 0 Å². The van der Waals surface area contributed by atoms with Gasteiger partial charge in [-0.15, -0.1) is 0 Å². The molecule has 2 N–H and O–H groups in total. The van der Waals surface area contributed by atoms with Crippen LogP contribution in [0.25, 0.3) is 0 Å². The van der Waals surface area contributed by atoms with Crippen LogP contribution in [0.1, 0.15) is 5.69 Å². The van der Waals surface area contributed by atoms with Gasteiger partial charge in [-0.3, -0.25) is 4.79 Å². The number of methoxy groups -OCH3 is 1. The molecular weight excluding hydrogens is 260 g/mol. The van der Waals surface area contributed by atoms with E-state index in [9.17, 15) is 4.79 Å². The molecule has 7 nitrogen and oxygen atoms in total. The van der Waals surface area contributed by atoms with E-state index in [1.165, 1.54) is 16.9 Å². The zero-order valence-electron chi connectivity index (χ0n) is 11.2. The van der Waals surface area contributed by atoms with Crippen LogP contribution in [0.2, 0.25) is 0 Å². The third-order valence-electron chi connectivity index (χ3n) is 2.53. The first-order chi connectivity index (χ1) is 9.72. The Bertz CT molecular complexity index is 627. The number of hydrogen-bond acceptors (Lipinski definition) is 6. The van der Waals surface area contributed by atoms with Crippen LogP contribution < -0.4 is 20.8 Å². The highest BCUT2D eigenvalue weighted by atomic mass is 16.5. The molecule has 0 bridgehead atoms.